The van der Waals surface area contributed by atoms with Gasteiger partial charge in [0.1, 0.15) is 11.3 Å². The van der Waals surface area contributed by atoms with Gasteiger partial charge < -0.3 is 9.80 Å². The number of carbonyl (C=O) groups excluding carboxylic acids is 1. The Morgan fingerprint density at radius 1 is 1.10 bits per heavy atom. The minimum Gasteiger partial charge on any atom is -0.345 e. The van der Waals surface area contributed by atoms with Crippen LogP contribution in [0.4, 0.5) is 13.9 Å². The summed E-state index contributed by atoms with van der Waals surface area (Å²) in [7, 11) is 0. The van der Waals surface area contributed by atoms with Crippen molar-refractivity contribution in [2.75, 3.05) is 31.1 Å². The van der Waals surface area contributed by atoms with Crippen LogP contribution in [0.5, 0.6) is 0 Å². The zero-order chi connectivity index (χ0) is 20.5. The van der Waals surface area contributed by atoms with Crippen molar-refractivity contribution in [3.8, 4) is 0 Å². The second-order valence-corrected chi connectivity index (χ2v) is 8.68. The number of amides is 1. The molecule has 1 aromatic heterocycles. The Labute approximate surface area is 172 Å². The smallest absolute Gasteiger partial charge is 0.227 e. The number of fused-ring (bicyclic) bond motifs is 1. The largest absolute Gasteiger partial charge is 0.345 e. The fourth-order valence-corrected chi connectivity index (χ4v) is 4.59. The van der Waals surface area contributed by atoms with E-state index in [1.54, 1.807) is 0 Å². The molecule has 1 saturated heterocycles. The van der Waals surface area contributed by atoms with Crippen molar-refractivity contribution >= 4 is 32.6 Å². The highest BCUT2D eigenvalue weighted by Gasteiger charge is 2.24. The molecule has 29 heavy (non-hydrogen) atoms. The van der Waals surface area contributed by atoms with E-state index < -0.39 is 11.6 Å². The van der Waals surface area contributed by atoms with Crippen LogP contribution in [0.25, 0.3) is 10.2 Å². The van der Waals surface area contributed by atoms with E-state index in [0.717, 1.165) is 11.6 Å². The number of benzene rings is 2. The van der Waals surface area contributed by atoms with E-state index in [2.05, 4.69) is 31.0 Å². The lowest BCUT2D eigenvalue weighted by Gasteiger charge is -2.34. The first-order valence-electron chi connectivity index (χ1n) is 9.78. The number of rotatable bonds is 4. The fraction of sp³-hybridized carbons (Fsp3) is 0.364. The molecule has 0 radical (unpaired) electrons. The van der Waals surface area contributed by atoms with Gasteiger partial charge in [0, 0.05) is 32.2 Å². The van der Waals surface area contributed by atoms with E-state index >= 15 is 0 Å². The third-order valence-electron chi connectivity index (χ3n) is 5.31. The van der Waals surface area contributed by atoms with Crippen LogP contribution >= 0.6 is 11.3 Å². The average Bonchev–Trinajstić information content (AvgIpc) is 3.13. The standard InChI is InChI=1S/C22H23F2N3OS/c1-14(2)16-5-3-15(4-6-16)11-20(28)26-7-9-27(10-8-26)22-25-21-18(24)12-17(23)13-19(21)29-22/h3-6,12-14H,7-11H2,1-2H3. The zero-order valence-electron chi connectivity index (χ0n) is 16.5. The number of piperazine rings is 1. The molecule has 1 fully saturated rings. The van der Waals surface area contributed by atoms with Gasteiger partial charge >= 0.3 is 0 Å². The number of hydrogen-bond donors (Lipinski definition) is 0. The van der Waals surface area contributed by atoms with Crippen molar-refractivity contribution in [3.05, 3.63) is 59.2 Å². The SMILES string of the molecule is CC(C)c1ccc(CC(=O)N2CCN(c3nc4c(F)cc(F)cc4s3)CC2)cc1. The van der Waals surface area contributed by atoms with Crippen LogP contribution in [-0.4, -0.2) is 42.0 Å². The summed E-state index contributed by atoms with van der Waals surface area (Å²) < 4.78 is 27.8. The van der Waals surface area contributed by atoms with Gasteiger partial charge in [0.25, 0.3) is 0 Å². The number of hydrogen-bond acceptors (Lipinski definition) is 4. The topological polar surface area (TPSA) is 36.4 Å². The van der Waals surface area contributed by atoms with Crippen molar-refractivity contribution in [1.29, 1.82) is 0 Å². The van der Waals surface area contributed by atoms with Gasteiger partial charge in [-0.05, 0) is 23.1 Å². The van der Waals surface area contributed by atoms with Gasteiger partial charge in [-0.25, -0.2) is 13.8 Å². The van der Waals surface area contributed by atoms with Crippen molar-refractivity contribution in [2.24, 2.45) is 0 Å². The summed E-state index contributed by atoms with van der Waals surface area (Å²) in [6, 6.07) is 10.4. The Morgan fingerprint density at radius 3 is 2.45 bits per heavy atom. The Morgan fingerprint density at radius 2 is 1.79 bits per heavy atom. The summed E-state index contributed by atoms with van der Waals surface area (Å²) in [4.78, 5) is 20.9. The highest BCUT2D eigenvalue weighted by atomic mass is 32.1. The third-order valence-corrected chi connectivity index (χ3v) is 6.37. The molecule has 4 rings (SSSR count). The predicted molar refractivity (Wildman–Crippen MR) is 113 cm³/mol. The lowest BCUT2D eigenvalue weighted by atomic mass is 10.0. The van der Waals surface area contributed by atoms with Gasteiger partial charge in [-0.15, -0.1) is 0 Å². The van der Waals surface area contributed by atoms with Crippen LogP contribution in [0.1, 0.15) is 30.9 Å². The summed E-state index contributed by atoms with van der Waals surface area (Å²) in [6.45, 7) is 6.74. The maximum absolute atomic E-state index is 13.9. The summed E-state index contributed by atoms with van der Waals surface area (Å²) >= 11 is 1.28. The molecule has 4 nitrogen and oxygen atoms in total. The molecule has 1 aliphatic rings. The van der Waals surface area contributed by atoms with Crippen molar-refractivity contribution < 1.29 is 13.6 Å². The second kappa shape index (κ2) is 8.06. The van der Waals surface area contributed by atoms with E-state index in [1.165, 1.54) is 23.0 Å². The van der Waals surface area contributed by atoms with Gasteiger partial charge in [0.15, 0.2) is 10.9 Å². The molecular weight excluding hydrogens is 392 g/mol. The van der Waals surface area contributed by atoms with E-state index in [1.807, 2.05) is 21.9 Å². The number of thiazole rings is 1. The Bertz CT molecular complexity index is 1020. The second-order valence-electron chi connectivity index (χ2n) is 7.67. The molecule has 152 valence electrons. The fourth-order valence-electron chi connectivity index (χ4n) is 3.53. The highest BCUT2D eigenvalue weighted by Crippen LogP contribution is 2.31. The van der Waals surface area contributed by atoms with Crippen molar-refractivity contribution in [3.63, 3.8) is 0 Å². The number of anilines is 1. The lowest BCUT2D eigenvalue weighted by Crippen LogP contribution is -2.49. The van der Waals surface area contributed by atoms with Gasteiger partial charge in [0.05, 0.1) is 11.1 Å². The minimum absolute atomic E-state index is 0.111. The number of nitrogens with zero attached hydrogens (tertiary/aromatic N) is 3. The molecular formula is C22H23F2N3OS. The van der Waals surface area contributed by atoms with Gasteiger partial charge in [-0.3, -0.25) is 4.79 Å². The van der Waals surface area contributed by atoms with Crippen LogP contribution in [0.15, 0.2) is 36.4 Å². The van der Waals surface area contributed by atoms with Crippen LogP contribution < -0.4 is 4.90 Å². The van der Waals surface area contributed by atoms with Crippen LogP contribution in [0.3, 0.4) is 0 Å². The molecule has 7 heteroatoms. The maximum atomic E-state index is 13.9. The monoisotopic (exact) mass is 415 g/mol. The zero-order valence-corrected chi connectivity index (χ0v) is 17.3. The number of carbonyl (C=O) groups is 1. The lowest BCUT2D eigenvalue weighted by molar-refractivity contribution is -0.130. The molecule has 0 unspecified atom stereocenters. The number of halogens is 2. The molecule has 1 amide bonds. The molecule has 0 atom stereocenters. The quantitative estimate of drug-likeness (QED) is 0.625. The number of aromatic nitrogens is 1. The molecule has 0 N–H and O–H groups in total. The summed E-state index contributed by atoms with van der Waals surface area (Å²) in [5.74, 6) is -0.651. The van der Waals surface area contributed by atoms with Crippen molar-refractivity contribution in [1.82, 2.24) is 9.88 Å². The van der Waals surface area contributed by atoms with Gasteiger partial charge in [-0.1, -0.05) is 49.4 Å². The summed E-state index contributed by atoms with van der Waals surface area (Å²) in [5, 5.41) is 0.667. The van der Waals surface area contributed by atoms with Gasteiger partial charge in [-0.2, -0.15) is 0 Å². The first-order valence-corrected chi connectivity index (χ1v) is 10.6. The molecule has 0 spiro atoms. The van der Waals surface area contributed by atoms with Crippen LogP contribution in [-0.2, 0) is 11.2 Å². The first-order chi connectivity index (χ1) is 13.9. The summed E-state index contributed by atoms with van der Waals surface area (Å²) in [5.41, 5.74) is 2.49. The Hall–Kier alpha value is -2.54. The third kappa shape index (κ3) is 4.24. The van der Waals surface area contributed by atoms with E-state index in [4.69, 9.17) is 0 Å². The maximum Gasteiger partial charge on any atom is 0.227 e. The Kier molecular flexibility index (Phi) is 5.50. The molecule has 3 aromatic rings. The van der Waals surface area contributed by atoms with Crippen LogP contribution in [0, 0.1) is 11.6 Å². The van der Waals surface area contributed by atoms with Crippen LogP contribution in [0.2, 0.25) is 0 Å². The molecule has 2 heterocycles. The van der Waals surface area contributed by atoms with E-state index in [0.29, 0.717) is 48.3 Å². The molecule has 0 bridgehead atoms. The average molecular weight is 416 g/mol. The van der Waals surface area contributed by atoms with Gasteiger partial charge in [0.2, 0.25) is 5.91 Å². The van der Waals surface area contributed by atoms with Crippen molar-refractivity contribution in [2.45, 2.75) is 26.2 Å². The molecule has 2 aromatic carbocycles. The normalized spacial score (nSPS) is 14.8. The predicted octanol–water partition coefficient (Wildman–Crippen LogP) is 4.59. The Balaban J connectivity index is 1.37. The van der Waals surface area contributed by atoms with E-state index in [-0.39, 0.29) is 11.4 Å². The molecule has 0 aliphatic carbocycles. The first kappa shape index (κ1) is 19.8. The summed E-state index contributed by atoms with van der Waals surface area (Å²) in [6.07, 6.45) is 0.393. The molecule has 1 aliphatic heterocycles. The van der Waals surface area contributed by atoms with E-state index in [9.17, 15) is 13.6 Å². The highest BCUT2D eigenvalue weighted by molar-refractivity contribution is 7.22. The molecule has 0 saturated carbocycles. The minimum atomic E-state index is -0.639.